The molecule has 2 aromatic carbocycles. The zero-order valence-corrected chi connectivity index (χ0v) is 11.9. The molecule has 2 rings (SSSR count). The summed E-state index contributed by atoms with van der Waals surface area (Å²) in [6.07, 6.45) is 0. The zero-order valence-electron chi connectivity index (χ0n) is 10.3. The summed E-state index contributed by atoms with van der Waals surface area (Å²) in [6, 6.07) is 9.96. The Kier molecular flexibility index (Phi) is 4.27. The average molecular weight is 315 g/mol. The fraction of sp³-hybridized carbons (Fsp3) is 0.0769. The number of hydrogen-bond donors (Lipinski definition) is 2. The predicted molar refractivity (Wildman–Crippen MR) is 76.3 cm³/mol. The maximum atomic E-state index is 13.1. The first-order valence-electron chi connectivity index (χ1n) is 5.67. The van der Waals surface area contributed by atoms with Crippen molar-refractivity contribution in [3.8, 4) is 0 Å². The van der Waals surface area contributed by atoms with E-state index in [0.717, 1.165) is 12.1 Å². The number of nitrogens with two attached hydrogens (primary N) is 1. The van der Waals surface area contributed by atoms with Crippen LogP contribution in [0.25, 0.3) is 0 Å². The van der Waals surface area contributed by atoms with Crippen LogP contribution in [0, 0.1) is 5.82 Å². The fourth-order valence-electron chi connectivity index (χ4n) is 1.64. The molecule has 0 heterocycles. The van der Waals surface area contributed by atoms with E-state index in [2.05, 4.69) is 4.72 Å². The number of nitrogens with one attached hydrogen (secondary N) is 1. The van der Waals surface area contributed by atoms with Gasteiger partial charge in [0.05, 0.1) is 5.69 Å². The van der Waals surface area contributed by atoms with Crippen molar-refractivity contribution in [3.05, 3.63) is 58.9 Å². The zero-order chi connectivity index (χ0) is 14.8. The van der Waals surface area contributed by atoms with Crippen LogP contribution in [0.5, 0.6) is 0 Å². The molecule has 4 nitrogen and oxygen atoms in total. The monoisotopic (exact) mass is 314 g/mol. The van der Waals surface area contributed by atoms with Gasteiger partial charge in [0.2, 0.25) is 10.0 Å². The second-order valence-corrected chi connectivity index (χ2v) is 6.31. The van der Waals surface area contributed by atoms with Gasteiger partial charge in [-0.2, -0.15) is 0 Å². The standard InChI is InChI=1S/C13H12ClFN2O2S/c14-10-3-1-2-9(6-10)8-17-20(18,19)13-7-11(15)4-5-12(13)16/h1-7,17H,8,16H2. The summed E-state index contributed by atoms with van der Waals surface area (Å²) >= 11 is 5.81. The second kappa shape index (κ2) is 5.78. The van der Waals surface area contributed by atoms with Crippen molar-refractivity contribution in [2.75, 3.05) is 5.73 Å². The first-order chi connectivity index (χ1) is 9.38. The lowest BCUT2D eigenvalue weighted by atomic mass is 10.2. The Hall–Kier alpha value is -1.63. The lowest BCUT2D eigenvalue weighted by Gasteiger charge is -2.09. The van der Waals surface area contributed by atoms with E-state index < -0.39 is 15.8 Å². The Balaban J connectivity index is 2.21. The van der Waals surface area contributed by atoms with E-state index in [1.165, 1.54) is 6.07 Å². The minimum atomic E-state index is -3.88. The van der Waals surface area contributed by atoms with E-state index in [0.29, 0.717) is 10.6 Å². The summed E-state index contributed by atoms with van der Waals surface area (Å²) in [4.78, 5) is -0.278. The van der Waals surface area contributed by atoms with Crippen molar-refractivity contribution in [1.82, 2.24) is 4.72 Å². The van der Waals surface area contributed by atoms with E-state index in [1.54, 1.807) is 24.3 Å². The molecule has 7 heteroatoms. The van der Waals surface area contributed by atoms with Crippen molar-refractivity contribution in [3.63, 3.8) is 0 Å². The number of halogens is 2. The van der Waals surface area contributed by atoms with Gasteiger partial charge >= 0.3 is 0 Å². The average Bonchev–Trinajstić information content (AvgIpc) is 2.39. The largest absolute Gasteiger partial charge is 0.398 e. The fourth-order valence-corrected chi connectivity index (χ4v) is 3.02. The number of hydrogen-bond acceptors (Lipinski definition) is 3. The summed E-state index contributed by atoms with van der Waals surface area (Å²) in [6.45, 7) is 0.0405. The molecule has 0 aliphatic heterocycles. The van der Waals surface area contributed by atoms with Gasteiger partial charge in [-0.1, -0.05) is 23.7 Å². The maximum Gasteiger partial charge on any atom is 0.243 e. The van der Waals surface area contributed by atoms with Crippen molar-refractivity contribution in [1.29, 1.82) is 0 Å². The smallest absolute Gasteiger partial charge is 0.243 e. The van der Waals surface area contributed by atoms with E-state index in [4.69, 9.17) is 17.3 Å². The second-order valence-electron chi connectivity index (χ2n) is 4.14. The topological polar surface area (TPSA) is 72.2 Å². The van der Waals surface area contributed by atoms with Crippen LogP contribution in [0.15, 0.2) is 47.4 Å². The van der Waals surface area contributed by atoms with E-state index in [1.807, 2.05) is 0 Å². The number of nitrogen functional groups attached to an aromatic ring is 1. The van der Waals surface area contributed by atoms with Gasteiger partial charge in [0, 0.05) is 11.6 Å². The van der Waals surface area contributed by atoms with Crippen LogP contribution in [-0.4, -0.2) is 8.42 Å². The van der Waals surface area contributed by atoms with Gasteiger partial charge in [-0.25, -0.2) is 17.5 Å². The summed E-state index contributed by atoms with van der Waals surface area (Å²) in [5.41, 5.74) is 6.24. The lowest BCUT2D eigenvalue weighted by Crippen LogP contribution is -2.24. The van der Waals surface area contributed by atoms with Gasteiger partial charge in [0.25, 0.3) is 0 Å². The Labute approximate surface area is 121 Å². The third kappa shape index (κ3) is 3.47. The molecule has 0 amide bonds. The van der Waals surface area contributed by atoms with Crippen LogP contribution in [0.4, 0.5) is 10.1 Å². The van der Waals surface area contributed by atoms with E-state index in [9.17, 15) is 12.8 Å². The van der Waals surface area contributed by atoms with Gasteiger partial charge in [0.15, 0.2) is 0 Å². The molecule has 106 valence electrons. The number of anilines is 1. The molecule has 3 N–H and O–H groups in total. The van der Waals surface area contributed by atoms with Crippen molar-refractivity contribution in [2.45, 2.75) is 11.4 Å². The molecule has 0 atom stereocenters. The summed E-state index contributed by atoms with van der Waals surface area (Å²) in [7, 11) is -3.88. The minimum absolute atomic E-state index is 0.00926. The van der Waals surface area contributed by atoms with Crippen molar-refractivity contribution >= 4 is 27.3 Å². The minimum Gasteiger partial charge on any atom is -0.398 e. The first kappa shape index (κ1) is 14.8. The number of benzene rings is 2. The SMILES string of the molecule is Nc1ccc(F)cc1S(=O)(=O)NCc1cccc(Cl)c1. The Morgan fingerprint density at radius 3 is 2.65 bits per heavy atom. The maximum absolute atomic E-state index is 13.1. The predicted octanol–water partition coefficient (Wildman–Crippen LogP) is 2.54. The highest BCUT2D eigenvalue weighted by molar-refractivity contribution is 7.89. The van der Waals surface area contributed by atoms with Gasteiger partial charge in [-0.05, 0) is 35.9 Å². The van der Waals surface area contributed by atoms with Crippen molar-refractivity contribution < 1.29 is 12.8 Å². The van der Waals surface area contributed by atoms with Crippen LogP contribution >= 0.6 is 11.6 Å². The molecule has 0 saturated carbocycles. The molecule has 0 aliphatic carbocycles. The molecule has 0 saturated heterocycles. The third-order valence-electron chi connectivity index (χ3n) is 2.62. The van der Waals surface area contributed by atoms with Crippen LogP contribution in [0.3, 0.4) is 0 Å². The molecule has 0 aromatic heterocycles. The third-order valence-corrected chi connectivity index (χ3v) is 4.31. The van der Waals surface area contributed by atoms with Crippen LogP contribution < -0.4 is 10.5 Å². The van der Waals surface area contributed by atoms with Crippen LogP contribution in [0.1, 0.15) is 5.56 Å². The molecule has 0 unspecified atom stereocenters. The Morgan fingerprint density at radius 1 is 1.20 bits per heavy atom. The molecular weight excluding hydrogens is 303 g/mol. The number of sulfonamides is 1. The number of rotatable bonds is 4. The first-order valence-corrected chi connectivity index (χ1v) is 7.54. The van der Waals surface area contributed by atoms with Gasteiger partial charge in [-0.15, -0.1) is 0 Å². The van der Waals surface area contributed by atoms with E-state index >= 15 is 0 Å². The summed E-state index contributed by atoms with van der Waals surface area (Å²) in [5, 5.41) is 0.506. The van der Waals surface area contributed by atoms with Gasteiger partial charge in [0.1, 0.15) is 10.7 Å². The molecule has 0 radical (unpaired) electrons. The van der Waals surface area contributed by atoms with Crippen LogP contribution in [0.2, 0.25) is 5.02 Å². The van der Waals surface area contributed by atoms with E-state index in [-0.39, 0.29) is 17.1 Å². The van der Waals surface area contributed by atoms with Crippen LogP contribution in [-0.2, 0) is 16.6 Å². The van der Waals surface area contributed by atoms with Crippen molar-refractivity contribution in [2.24, 2.45) is 0 Å². The molecule has 0 spiro atoms. The molecule has 0 bridgehead atoms. The van der Waals surface area contributed by atoms with Gasteiger partial charge < -0.3 is 5.73 Å². The highest BCUT2D eigenvalue weighted by Crippen LogP contribution is 2.19. The Bertz CT molecular complexity index is 735. The molecule has 0 fully saturated rings. The quantitative estimate of drug-likeness (QED) is 0.852. The van der Waals surface area contributed by atoms with Gasteiger partial charge in [-0.3, -0.25) is 0 Å². The molecule has 20 heavy (non-hydrogen) atoms. The lowest BCUT2D eigenvalue weighted by molar-refractivity contribution is 0.578. The highest BCUT2D eigenvalue weighted by atomic mass is 35.5. The highest BCUT2D eigenvalue weighted by Gasteiger charge is 2.18. The molecule has 0 aliphatic rings. The normalized spacial score (nSPS) is 11.5. The Morgan fingerprint density at radius 2 is 1.95 bits per heavy atom. The molecular formula is C13H12ClFN2O2S. The molecule has 2 aromatic rings. The summed E-state index contributed by atoms with van der Waals surface area (Å²) < 4.78 is 39.6. The summed E-state index contributed by atoms with van der Waals surface area (Å²) in [5.74, 6) is -0.665.